The molecular weight excluding hydrogens is 536 g/mol. The Morgan fingerprint density at radius 2 is 1.63 bits per heavy atom. The molecule has 0 spiro atoms. The third-order valence-electron chi connectivity index (χ3n) is 3.73. The van der Waals surface area contributed by atoms with Gasteiger partial charge in [-0.3, -0.25) is 4.72 Å². The van der Waals surface area contributed by atoms with Crippen LogP contribution in [0.25, 0.3) is 0 Å². The molecule has 0 saturated heterocycles. The molecule has 0 aliphatic rings. The first kappa shape index (κ1) is 22.0. The predicted molar refractivity (Wildman–Crippen MR) is 116 cm³/mol. The van der Waals surface area contributed by atoms with E-state index in [9.17, 15) is 21.6 Å². The van der Waals surface area contributed by atoms with E-state index in [1.807, 2.05) is 22.6 Å². The van der Waals surface area contributed by atoms with Gasteiger partial charge in [0, 0.05) is 15.7 Å². The van der Waals surface area contributed by atoms with Crippen LogP contribution in [0.3, 0.4) is 0 Å². The van der Waals surface area contributed by atoms with Crippen LogP contribution in [-0.4, -0.2) is 8.42 Å². The summed E-state index contributed by atoms with van der Waals surface area (Å²) in [7, 11) is -4.23. The zero-order valence-corrected chi connectivity index (χ0v) is 17.9. The largest absolute Gasteiger partial charge is 0.455 e. The van der Waals surface area contributed by atoms with Crippen molar-refractivity contribution in [3.05, 3.63) is 69.6 Å². The van der Waals surface area contributed by atoms with E-state index in [1.165, 1.54) is 18.2 Å². The van der Waals surface area contributed by atoms with E-state index in [-0.39, 0.29) is 28.6 Å². The topological polar surface area (TPSA) is 119 Å². The molecule has 0 amide bonds. The Kier molecular flexibility index (Phi) is 6.28. The van der Waals surface area contributed by atoms with Crippen LogP contribution in [-0.2, 0) is 10.2 Å². The summed E-state index contributed by atoms with van der Waals surface area (Å²) in [5.41, 5.74) is 5.60. The highest BCUT2D eigenvalue weighted by Gasteiger charge is 2.15. The van der Waals surface area contributed by atoms with Crippen molar-refractivity contribution in [1.29, 1.82) is 0 Å². The molecule has 30 heavy (non-hydrogen) atoms. The van der Waals surface area contributed by atoms with Crippen molar-refractivity contribution in [2.24, 2.45) is 5.14 Å². The van der Waals surface area contributed by atoms with Crippen LogP contribution in [0.4, 0.5) is 35.9 Å². The molecule has 0 heterocycles. The Labute approximate surface area is 183 Å². The van der Waals surface area contributed by atoms with Crippen LogP contribution in [0.15, 0.2) is 48.5 Å². The molecule has 3 aromatic carbocycles. The van der Waals surface area contributed by atoms with Crippen LogP contribution >= 0.6 is 22.6 Å². The van der Waals surface area contributed by atoms with E-state index in [1.54, 1.807) is 10.8 Å². The van der Waals surface area contributed by atoms with Crippen molar-refractivity contribution in [3.8, 4) is 11.5 Å². The van der Waals surface area contributed by atoms with Crippen LogP contribution in [0.1, 0.15) is 0 Å². The molecule has 158 valence electrons. The molecule has 12 heteroatoms. The Hall–Kier alpha value is -2.71. The Morgan fingerprint density at radius 1 is 0.900 bits per heavy atom. The smallest absolute Gasteiger partial charge is 0.296 e. The van der Waals surface area contributed by atoms with Crippen molar-refractivity contribution in [3.63, 3.8) is 0 Å². The molecule has 0 bridgehead atoms. The SMILES string of the molecule is Nc1c(Nc2ccc(I)cc2F)cc(F)cc1Oc1ccc(F)c(NS(N)(=O)=O)c1. The third-order valence-corrected chi connectivity index (χ3v) is 4.90. The van der Waals surface area contributed by atoms with E-state index >= 15 is 0 Å². The molecule has 6 N–H and O–H groups in total. The second-order valence-corrected chi connectivity index (χ2v) is 8.54. The fourth-order valence-corrected chi connectivity index (χ4v) is 3.36. The second-order valence-electron chi connectivity index (χ2n) is 6.01. The minimum absolute atomic E-state index is 0.0371. The molecule has 0 saturated carbocycles. The molecule has 0 aliphatic carbocycles. The lowest BCUT2D eigenvalue weighted by molar-refractivity contribution is 0.478. The summed E-state index contributed by atoms with van der Waals surface area (Å²) in [6.45, 7) is 0. The van der Waals surface area contributed by atoms with Crippen molar-refractivity contribution in [1.82, 2.24) is 0 Å². The van der Waals surface area contributed by atoms with Gasteiger partial charge < -0.3 is 15.8 Å². The maximum atomic E-state index is 14.1. The number of hydrogen-bond acceptors (Lipinski definition) is 5. The molecule has 0 aliphatic heterocycles. The summed E-state index contributed by atoms with van der Waals surface area (Å²) in [4.78, 5) is 0. The van der Waals surface area contributed by atoms with Gasteiger partial charge in [-0.25, -0.2) is 18.3 Å². The molecule has 7 nitrogen and oxygen atoms in total. The summed E-state index contributed by atoms with van der Waals surface area (Å²) in [6.07, 6.45) is 0. The summed E-state index contributed by atoms with van der Waals surface area (Å²) >= 11 is 1.95. The lowest BCUT2D eigenvalue weighted by atomic mass is 10.2. The number of halogens is 4. The van der Waals surface area contributed by atoms with Crippen LogP contribution in [0.5, 0.6) is 11.5 Å². The van der Waals surface area contributed by atoms with Gasteiger partial charge in [-0.2, -0.15) is 8.42 Å². The number of nitrogens with one attached hydrogen (secondary N) is 2. The van der Waals surface area contributed by atoms with Crippen LogP contribution in [0.2, 0.25) is 0 Å². The van der Waals surface area contributed by atoms with E-state index < -0.39 is 33.3 Å². The maximum Gasteiger partial charge on any atom is 0.296 e. The van der Waals surface area contributed by atoms with Crippen LogP contribution < -0.4 is 25.6 Å². The van der Waals surface area contributed by atoms with Gasteiger partial charge in [0.25, 0.3) is 10.2 Å². The highest BCUT2D eigenvalue weighted by Crippen LogP contribution is 2.37. The number of hydrogen-bond donors (Lipinski definition) is 4. The number of nitrogen functional groups attached to an aromatic ring is 1. The minimum Gasteiger partial charge on any atom is -0.455 e. The highest BCUT2D eigenvalue weighted by molar-refractivity contribution is 14.1. The van der Waals surface area contributed by atoms with Crippen molar-refractivity contribution in [2.45, 2.75) is 0 Å². The summed E-state index contributed by atoms with van der Waals surface area (Å²) in [5, 5.41) is 7.54. The van der Waals surface area contributed by atoms with E-state index in [0.717, 1.165) is 24.3 Å². The number of anilines is 4. The second kappa shape index (κ2) is 8.57. The van der Waals surface area contributed by atoms with Crippen molar-refractivity contribution >= 4 is 55.5 Å². The molecule has 0 atom stereocenters. The van der Waals surface area contributed by atoms with E-state index in [4.69, 9.17) is 15.6 Å². The van der Waals surface area contributed by atoms with Gasteiger partial charge in [0.15, 0.2) is 5.75 Å². The van der Waals surface area contributed by atoms with Gasteiger partial charge in [-0.05, 0) is 59.0 Å². The minimum atomic E-state index is -4.23. The summed E-state index contributed by atoms with van der Waals surface area (Å²) < 4.78 is 72.2. The normalized spacial score (nSPS) is 11.2. The predicted octanol–water partition coefficient (Wildman–Crippen LogP) is 4.44. The molecular formula is C18H14F3IN4O3S. The number of nitrogens with two attached hydrogens (primary N) is 2. The number of rotatable bonds is 6. The Bertz CT molecular complexity index is 1230. The first-order valence-electron chi connectivity index (χ1n) is 8.11. The van der Waals surface area contributed by atoms with E-state index in [0.29, 0.717) is 3.57 Å². The average Bonchev–Trinajstić information content (AvgIpc) is 2.63. The van der Waals surface area contributed by atoms with Gasteiger partial charge >= 0.3 is 0 Å². The standard InChI is InChI=1S/C18H14F3IN4O3S/c19-9-5-16(25-14-4-1-10(22)7-13(14)21)18(23)17(6-9)29-11-2-3-12(20)15(8-11)26-30(24,27)28/h1-8,25-26H,23H2,(H2,24,27,28). The number of benzene rings is 3. The van der Waals surface area contributed by atoms with Gasteiger partial charge in [0.05, 0.1) is 22.7 Å². The first-order chi connectivity index (χ1) is 14.0. The summed E-state index contributed by atoms with van der Waals surface area (Å²) in [5.74, 6) is -2.41. The van der Waals surface area contributed by atoms with Gasteiger partial charge in [-0.1, -0.05) is 0 Å². The third kappa shape index (κ3) is 5.46. The van der Waals surface area contributed by atoms with Crippen molar-refractivity contribution in [2.75, 3.05) is 15.8 Å². The zero-order valence-electron chi connectivity index (χ0n) is 14.9. The highest BCUT2D eigenvalue weighted by atomic mass is 127. The molecule has 0 radical (unpaired) electrons. The van der Waals surface area contributed by atoms with Crippen LogP contribution in [0, 0.1) is 21.0 Å². The first-order valence-corrected chi connectivity index (χ1v) is 10.7. The fraction of sp³-hybridized carbons (Fsp3) is 0. The molecule has 0 unspecified atom stereocenters. The van der Waals surface area contributed by atoms with Gasteiger partial charge in [0.2, 0.25) is 0 Å². The zero-order chi connectivity index (χ0) is 22.1. The monoisotopic (exact) mass is 550 g/mol. The van der Waals surface area contributed by atoms with Gasteiger partial charge in [-0.15, -0.1) is 0 Å². The Morgan fingerprint density at radius 3 is 2.30 bits per heavy atom. The van der Waals surface area contributed by atoms with Gasteiger partial charge in [0.1, 0.15) is 23.2 Å². The average molecular weight is 550 g/mol. The summed E-state index contributed by atoms with van der Waals surface area (Å²) in [6, 6.07) is 9.55. The molecule has 0 aromatic heterocycles. The molecule has 3 rings (SSSR count). The fourth-order valence-electron chi connectivity index (χ4n) is 2.44. The number of ether oxygens (including phenoxy) is 1. The quantitative estimate of drug-likeness (QED) is 0.267. The van der Waals surface area contributed by atoms with E-state index in [2.05, 4.69) is 5.32 Å². The molecule has 0 fully saturated rings. The molecule has 3 aromatic rings. The maximum absolute atomic E-state index is 14.1. The lowest BCUT2D eigenvalue weighted by Gasteiger charge is -2.15. The Balaban J connectivity index is 1.93. The van der Waals surface area contributed by atoms with Crippen molar-refractivity contribution < 1.29 is 26.3 Å². The lowest BCUT2D eigenvalue weighted by Crippen LogP contribution is -2.22.